The molecule has 0 bridgehead atoms. The maximum atomic E-state index is 12.8. The van der Waals surface area contributed by atoms with Gasteiger partial charge in [0.05, 0.1) is 5.41 Å². The Morgan fingerprint density at radius 1 is 0.893 bits per heavy atom. The molecule has 28 heavy (non-hydrogen) atoms. The first-order valence-corrected chi connectivity index (χ1v) is 9.75. The Morgan fingerprint density at radius 2 is 1.43 bits per heavy atom. The Kier molecular flexibility index (Phi) is 6.02. The highest BCUT2D eigenvalue weighted by atomic mass is 16.5. The predicted octanol–water partition coefficient (Wildman–Crippen LogP) is 3.24. The second kappa shape index (κ2) is 8.46. The van der Waals surface area contributed by atoms with Gasteiger partial charge in [-0.15, -0.1) is 0 Å². The highest BCUT2D eigenvalue weighted by Crippen LogP contribution is 2.25. The van der Waals surface area contributed by atoms with Crippen molar-refractivity contribution in [1.82, 2.24) is 4.90 Å². The molecular formula is C23H28N2O3. The summed E-state index contributed by atoms with van der Waals surface area (Å²) >= 11 is 0. The number of rotatable bonds is 5. The molecule has 0 aliphatic carbocycles. The van der Waals surface area contributed by atoms with Gasteiger partial charge in [0.25, 0.3) is 5.91 Å². The van der Waals surface area contributed by atoms with Gasteiger partial charge >= 0.3 is 5.97 Å². The molecule has 1 saturated heterocycles. The number of amides is 1. The quantitative estimate of drug-likeness (QED) is 0.747. The molecule has 2 aromatic carbocycles. The molecule has 1 fully saturated rings. The van der Waals surface area contributed by atoms with Gasteiger partial charge in [-0.2, -0.15) is 0 Å². The van der Waals surface area contributed by atoms with Crippen LogP contribution in [0.4, 0.5) is 5.69 Å². The summed E-state index contributed by atoms with van der Waals surface area (Å²) in [4.78, 5) is 29.5. The van der Waals surface area contributed by atoms with E-state index in [1.807, 2.05) is 62.4 Å². The number of anilines is 1. The fraction of sp³-hybridized carbons (Fsp3) is 0.391. The number of hydrogen-bond acceptors (Lipinski definition) is 4. The Bertz CT molecular complexity index is 797. The van der Waals surface area contributed by atoms with E-state index < -0.39 is 11.5 Å². The lowest BCUT2D eigenvalue weighted by Crippen LogP contribution is -2.52. The van der Waals surface area contributed by atoms with E-state index in [9.17, 15) is 9.59 Å². The smallest absolute Gasteiger partial charge is 0.316 e. The van der Waals surface area contributed by atoms with Gasteiger partial charge in [0, 0.05) is 31.9 Å². The summed E-state index contributed by atoms with van der Waals surface area (Å²) in [6, 6.07) is 19.7. The van der Waals surface area contributed by atoms with Crippen LogP contribution in [0, 0.1) is 0 Å². The number of nitrogens with zero attached hydrogens (tertiary/aromatic N) is 2. The minimum Gasteiger partial charge on any atom is -0.452 e. The average molecular weight is 380 g/mol. The number of carbonyl (C=O) groups is 2. The van der Waals surface area contributed by atoms with Gasteiger partial charge in [-0.05, 0) is 38.5 Å². The molecule has 2 aromatic rings. The van der Waals surface area contributed by atoms with Crippen molar-refractivity contribution >= 4 is 17.6 Å². The van der Waals surface area contributed by atoms with Crippen molar-refractivity contribution < 1.29 is 14.3 Å². The molecule has 0 unspecified atom stereocenters. The van der Waals surface area contributed by atoms with Gasteiger partial charge in [0.1, 0.15) is 0 Å². The number of para-hydroxylation sites is 1. The fourth-order valence-corrected chi connectivity index (χ4v) is 3.41. The van der Waals surface area contributed by atoms with Gasteiger partial charge in [-0.3, -0.25) is 9.59 Å². The number of piperazine rings is 1. The normalized spacial score (nSPS) is 15.8. The second-order valence-corrected chi connectivity index (χ2v) is 7.69. The standard InChI is InChI=1S/C23H28N2O3/c1-18(28-22(27)23(2,3)19-10-6-4-7-11-19)21(26)25-16-14-24(15-17-25)20-12-8-5-9-13-20/h4-13,18H,14-17H2,1-3H3/t18-/m0/s1. The Hall–Kier alpha value is -2.82. The van der Waals surface area contributed by atoms with Crippen molar-refractivity contribution in [1.29, 1.82) is 0 Å². The zero-order chi connectivity index (χ0) is 20.1. The number of esters is 1. The van der Waals surface area contributed by atoms with Crippen molar-refractivity contribution in [3.8, 4) is 0 Å². The topological polar surface area (TPSA) is 49.9 Å². The molecule has 1 amide bonds. The highest BCUT2D eigenvalue weighted by Gasteiger charge is 2.35. The molecule has 1 atom stereocenters. The molecule has 0 saturated carbocycles. The van der Waals surface area contributed by atoms with Gasteiger partial charge in [-0.1, -0.05) is 48.5 Å². The van der Waals surface area contributed by atoms with Crippen LogP contribution in [0.5, 0.6) is 0 Å². The van der Waals surface area contributed by atoms with Crippen LogP contribution in [0.15, 0.2) is 60.7 Å². The molecule has 0 spiro atoms. The monoisotopic (exact) mass is 380 g/mol. The van der Waals surface area contributed by atoms with E-state index in [1.165, 1.54) is 5.69 Å². The summed E-state index contributed by atoms with van der Waals surface area (Å²) < 4.78 is 5.55. The minimum atomic E-state index is -0.804. The lowest BCUT2D eigenvalue weighted by Gasteiger charge is -2.37. The molecule has 0 radical (unpaired) electrons. The fourth-order valence-electron chi connectivity index (χ4n) is 3.41. The van der Waals surface area contributed by atoms with E-state index >= 15 is 0 Å². The van der Waals surface area contributed by atoms with E-state index in [0.717, 1.165) is 18.7 Å². The maximum absolute atomic E-state index is 12.8. The zero-order valence-corrected chi connectivity index (χ0v) is 16.8. The molecule has 0 aromatic heterocycles. The Morgan fingerprint density at radius 3 is 2.00 bits per heavy atom. The number of hydrogen-bond donors (Lipinski definition) is 0. The van der Waals surface area contributed by atoms with Crippen LogP contribution in [0.2, 0.25) is 0 Å². The van der Waals surface area contributed by atoms with Crippen molar-refractivity contribution in [2.75, 3.05) is 31.1 Å². The van der Waals surface area contributed by atoms with E-state index in [2.05, 4.69) is 17.0 Å². The van der Waals surface area contributed by atoms with E-state index in [0.29, 0.717) is 13.1 Å². The molecule has 3 rings (SSSR count). The van der Waals surface area contributed by atoms with Crippen LogP contribution in [-0.4, -0.2) is 49.1 Å². The summed E-state index contributed by atoms with van der Waals surface area (Å²) in [5.41, 5.74) is 1.23. The second-order valence-electron chi connectivity index (χ2n) is 7.69. The highest BCUT2D eigenvalue weighted by molar-refractivity contribution is 5.87. The van der Waals surface area contributed by atoms with Crippen molar-refractivity contribution in [3.63, 3.8) is 0 Å². The summed E-state index contributed by atoms with van der Waals surface area (Å²) in [5, 5.41) is 0. The largest absolute Gasteiger partial charge is 0.452 e. The van der Waals surface area contributed by atoms with Gasteiger partial charge in [0.15, 0.2) is 6.10 Å². The molecule has 1 aliphatic heterocycles. The third-order valence-electron chi connectivity index (χ3n) is 5.35. The van der Waals surface area contributed by atoms with Gasteiger partial charge < -0.3 is 14.5 Å². The first kappa shape index (κ1) is 19.9. The molecule has 148 valence electrons. The van der Waals surface area contributed by atoms with E-state index in [4.69, 9.17) is 4.74 Å². The van der Waals surface area contributed by atoms with Crippen molar-refractivity contribution in [3.05, 3.63) is 66.2 Å². The maximum Gasteiger partial charge on any atom is 0.316 e. The third kappa shape index (κ3) is 4.35. The predicted molar refractivity (Wildman–Crippen MR) is 110 cm³/mol. The lowest BCUT2D eigenvalue weighted by molar-refractivity contribution is -0.163. The van der Waals surface area contributed by atoms with Crippen LogP contribution >= 0.6 is 0 Å². The first-order chi connectivity index (χ1) is 13.4. The number of carbonyl (C=O) groups excluding carboxylic acids is 2. The van der Waals surface area contributed by atoms with Crippen LogP contribution in [-0.2, 0) is 19.7 Å². The van der Waals surface area contributed by atoms with E-state index in [-0.39, 0.29) is 11.9 Å². The van der Waals surface area contributed by atoms with Gasteiger partial charge in [0.2, 0.25) is 0 Å². The third-order valence-corrected chi connectivity index (χ3v) is 5.35. The number of ether oxygens (including phenoxy) is 1. The molecular weight excluding hydrogens is 352 g/mol. The molecule has 1 aliphatic rings. The lowest BCUT2D eigenvalue weighted by atomic mass is 9.85. The minimum absolute atomic E-state index is 0.134. The first-order valence-electron chi connectivity index (χ1n) is 9.75. The molecule has 1 heterocycles. The van der Waals surface area contributed by atoms with Crippen molar-refractivity contribution in [2.45, 2.75) is 32.3 Å². The summed E-state index contributed by atoms with van der Waals surface area (Å²) in [6.07, 6.45) is -0.793. The van der Waals surface area contributed by atoms with Gasteiger partial charge in [-0.25, -0.2) is 0 Å². The summed E-state index contributed by atoms with van der Waals surface area (Å²) in [5.74, 6) is -0.521. The average Bonchev–Trinajstić information content (AvgIpc) is 2.74. The number of benzene rings is 2. The van der Waals surface area contributed by atoms with Crippen LogP contribution in [0.3, 0.4) is 0 Å². The van der Waals surface area contributed by atoms with Crippen LogP contribution < -0.4 is 4.90 Å². The summed E-state index contributed by atoms with van der Waals surface area (Å²) in [6.45, 7) is 8.08. The Balaban J connectivity index is 1.56. The Labute approximate surface area is 166 Å². The molecule has 5 nitrogen and oxygen atoms in total. The zero-order valence-electron chi connectivity index (χ0n) is 16.8. The van der Waals surface area contributed by atoms with E-state index in [1.54, 1.807) is 11.8 Å². The summed E-state index contributed by atoms with van der Waals surface area (Å²) in [7, 11) is 0. The molecule has 5 heteroatoms. The van der Waals surface area contributed by atoms with Crippen molar-refractivity contribution in [2.24, 2.45) is 0 Å². The van der Waals surface area contributed by atoms with Crippen LogP contribution in [0.25, 0.3) is 0 Å². The SMILES string of the molecule is C[C@H](OC(=O)C(C)(C)c1ccccc1)C(=O)N1CCN(c2ccccc2)CC1. The molecule has 0 N–H and O–H groups in total. The van der Waals surface area contributed by atoms with Crippen LogP contribution in [0.1, 0.15) is 26.3 Å².